The lowest BCUT2D eigenvalue weighted by atomic mass is 10.1. The van der Waals surface area contributed by atoms with Gasteiger partial charge in [-0.15, -0.1) is 0 Å². The molecular formula is C22H22N2O. The molecule has 126 valence electrons. The van der Waals surface area contributed by atoms with Crippen LogP contribution >= 0.6 is 0 Å². The maximum atomic E-state index is 8.58. The third-order valence-corrected chi connectivity index (χ3v) is 4.18. The second-order valence-corrected chi connectivity index (χ2v) is 6.09. The minimum Gasteiger partial charge on any atom is -0.440 e. The van der Waals surface area contributed by atoms with Gasteiger partial charge in [0.15, 0.2) is 11.7 Å². The van der Waals surface area contributed by atoms with Crippen LogP contribution in [0.1, 0.15) is 38.0 Å². The van der Waals surface area contributed by atoms with Crippen molar-refractivity contribution >= 4 is 0 Å². The molecule has 0 amide bonds. The normalized spacial score (nSPS) is 10.5. The van der Waals surface area contributed by atoms with Gasteiger partial charge in [0, 0.05) is 24.0 Å². The van der Waals surface area contributed by atoms with Crippen LogP contribution in [0.15, 0.2) is 65.1 Å². The van der Waals surface area contributed by atoms with E-state index in [1.54, 1.807) is 0 Å². The molecule has 0 N–H and O–H groups in total. The number of nitriles is 1. The molecule has 1 heterocycles. The van der Waals surface area contributed by atoms with Crippen molar-refractivity contribution in [2.75, 3.05) is 0 Å². The molecule has 0 aliphatic heterocycles. The van der Waals surface area contributed by atoms with Gasteiger partial charge >= 0.3 is 0 Å². The molecule has 0 unspecified atom stereocenters. The minimum atomic E-state index is 0.648. The van der Waals surface area contributed by atoms with Crippen LogP contribution in [-0.2, 0) is 6.42 Å². The molecule has 2 aromatic carbocycles. The second kappa shape index (κ2) is 8.84. The van der Waals surface area contributed by atoms with Crippen LogP contribution in [0.2, 0.25) is 0 Å². The van der Waals surface area contributed by atoms with Crippen molar-refractivity contribution in [3.63, 3.8) is 0 Å². The van der Waals surface area contributed by atoms with Gasteiger partial charge in [-0.1, -0.05) is 73.5 Å². The highest BCUT2D eigenvalue weighted by molar-refractivity contribution is 5.76. The Morgan fingerprint density at radius 3 is 2.12 bits per heavy atom. The first kappa shape index (κ1) is 17.0. The molecule has 3 aromatic rings. The zero-order valence-corrected chi connectivity index (χ0v) is 14.3. The van der Waals surface area contributed by atoms with Crippen LogP contribution in [0, 0.1) is 11.3 Å². The fourth-order valence-electron chi connectivity index (χ4n) is 2.88. The molecule has 0 saturated carbocycles. The molecule has 0 aliphatic carbocycles. The fourth-order valence-corrected chi connectivity index (χ4v) is 2.88. The number of oxazole rings is 1. The number of nitrogens with zero attached hydrogens (tertiary/aromatic N) is 2. The van der Waals surface area contributed by atoms with E-state index in [0.717, 1.165) is 60.6 Å². The number of rotatable bonds is 8. The average Bonchev–Trinajstić information content (AvgIpc) is 3.10. The van der Waals surface area contributed by atoms with Gasteiger partial charge in [0.05, 0.1) is 6.07 Å². The van der Waals surface area contributed by atoms with E-state index in [4.69, 9.17) is 14.7 Å². The van der Waals surface area contributed by atoms with Crippen LogP contribution in [0.3, 0.4) is 0 Å². The van der Waals surface area contributed by atoms with Crippen LogP contribution in [-0.4, -0.2) is 4.98 Å². The van der Waals surface area contributed by atoms with E-state index in [-0.39, 0.29) is 0 Å². The first-order valence-electron chi connectivity index (χ1n) is 8.86. The topological polar surface area (TPSA) is 49.8 Å². The Bertz CT molecular complexity index is 759. The number of benzene rings is 2. The highest BCUT2D eigenvalue weighted by atomic mass is 16.4. The maximum Gasteiger partial charge on any atom is 0.195 e. The predicted octanol–water partition coefficient (Wildman–Crippen LogP) is 6.03. The molecule has 3 nitrogen and oxygen atoms in total. The molecule has 0 atom stereocenters. The summed E-state index contributed by atoms with van der Waals surface area (Å²) in [6, 6.07) is 22.5. The molecule has 25 heavy (non-hydrogen) atoms. The van der Waals surface area contributed by atoms with E-state index >= 15 is 0 Å². The Morgan fingerprint density at radius 1 is 0.800 bits per heavy atom. The van der Waals surface area contributed by atoms with Crippen LogP contribution in [0.5, 0.6) is 0 Å². The van der Waals surface area contributed by atoms with Crippen molar-refractivity contribution in [3.8, 4) is 28.7 Å². The molecule has 0 saturated heterocycles. The fraction of sp³-hybridized carbons (Fsp3) is 0.273. The Hall–Kier alpha value is -2.86. The van der Waals surface area contributed by atoms with E-state index in [2.05, 4.69) is 30.3 Å². The van der Waals surface area contributed by atoms with Crippen molar-refractivity contribution in [1.82, 2.24) is 4.98 Å². The lowest BCUT2D eigenvalue weighted by molar-refractivity contribution is 0.489. The van der Waals surface area contributed by atoms with Gasteiger partial charge in [-0.3, -0.25) is 0 Å². The van der Waals surface area contributed by atoms with Crippen molar-refractivity contribution in [3.05, 3.63) is 66.6 Å². The summed E-state index contributed by atoms with van der Waals surface area (Å²) in [7, 11) is 0. The Labute approximate surface area is 149 Å². The summed E-state index contributed by atoms with van der Waals surface area (Å²) in [4.78, 5) is 4.77. The first-order chi connectivity index (χ1) is 12.4. The van der Waals surface area contributed by atoms with Gasteiger partial charge in [0.2, 0.25) is 0 Å². The standard InChI is InChI=1S/C22H22N2O/c23-17-11-3-1-2-10-16-20-24-21(18-12-6-4-7-13-18)22(25-20)19-14-8-5-9-15-19/h4-9,12-15H,1-3,10-11,16H2. The summed E-state index contributed by atoms with van der Waals surface area (Å²) in [5.74, 6) is 1.63. The van der Waals surface area contributed by atoms with Crippen LogP contribution < -0.4 is 0 Å². The zero-order chi connectivity index (χ0) is 17.3. The average molecular weight is 330 g/mol. The van der Waals surface area contributed by atoms with Crippen molar-refractivity contribution < 1.29 is 4.42 Å². The quantitative estimate of drug-likeness (QED) is 0.474. The van der Waals surface area contributed by atoms with Gasteiger partial charge in [-0.25, -0.2) is 4.98 Å². The molecule has 0 radical (unpaired) electrons. The van der Waals surface area contributed by atoms with Crippen LogP contribution in [0.25, 0.3) is 22.6 Å². The van der Waals surface area contributed by atoms with Crippen molar-refractivity contribution in [1.29, 1.82) is 5.26 Å². The summed E-state index contributed by atoms with van der Waals surface area (Å²) >= 11 is 0. The van der Waals surface area contributed by atoms with Crippen molar-refractivity contribution in [2.24, 2.45) is 0 Å². The van der Waals surface area contributed by atoms with Gasteiger partial charge in [-0.2, -0.15) is 5.26 Å². The van der Waals surface area contributed by atoms with Gasteiger partial charge < -0.3 is 4.42 Å². The zero-order valence-electron chi connectivity index (χ0n) is 14.3. The van der Waals surface area contributed by atoms with E-state index < -0.39 is 0 Å². The second-order valence-electron chi connectivity index (χ2n) is 6.09. The summed E-state index contributed by atoms with van der Waals surface area (Å²) in [5.41, 5.74) is 3.03. The predicted molar refractivity (Wildman–Crippen MR) is 99.8 cm³/mol. The largest absolute Gasteiger partial charge is 0.440 e. The van der Waals surface area contributed by atoms with E-state index in [1.165, 1.54) is 0 Å². The highest BCUT2D eigenvalue weighted by Crippen LogP contribution is 2.32. The lowest BCUT2D eigenvalue weighted by Gasteiger charge is -2.00. The molecule has 0 bridgehead atoms. The third kappa shape index (κ3) is 4.58. The lowest BCUT2D eigenvalue weighted by Crippen LogP contribution is -1.87. The van der Waals surface area contributed by atoms with E-state index in [1.807, 2.05) is 36.4 Å². The Kier molecular flexibility index (Phi) is 6.01. The Morgan fingerprint density at radius 2 is 1.44 bits per heavy atom. The molecule has 0 fully saturated rings. The molecule has 3 heteroatoms. The SMILES string of the molecule is N#CCCCCCCc1nc(-c2ccccc2)c(-c2ccccc2)o1. The Balaban J connectivity index is 1.77. The molecule has 0 aliphatic rings. The summed E-state index contributed by atoms with van der Waals surface area (Å²) < 4.78 is 6.12. The first-order valence-corrected chi connectivity index (χ1v) is 8.86. The number of unbranched alkanes of at least 4 members (excludes halogenated alkanes) is 4. The van der Waals surface area contributed by atoms with E-state index in [9.17, 15) is 0 Å². The highest BCUT2D eigenvalue weighted by Gasteiger charge is 2.16. The molecular weight excluding hydrogens is 308 g/mol. The van der Waals surface area contributed by atoms with Gasteiger partial charge in [0.25, 0.3) is 0 Å². The smallest absolute Gasteiger partial charge is 0.195 e. The third-order valence-electron chi connectivity index (χ3n) is 4.18. The van der Waals surface area contributed by atoms with E-state index in [0.29, 0.717) is 6.42 Å². The van der Waals surface area contributed by atoms with Crippen LogP contribution in [0.4, 0.5) is 0 Å². The molecule has 0 spiro atoms. The van der Waals surface area contributed by atoms with Crippen molar-refractivity contribution in [2.45, 2.75) is 38.5 Å². The maximum absolute atomic E-state index is 8.58. The molecule has 3 rings (SSSR count). The van der Waals surface area contributed by atoms with Gasteiger partial charge in [0.1, 0.15) is 5.69 Å². The summed E-state index contributed by atoms with van der Waals surface area (Å²) in [6.07, 6.45) is 5.69. The number of aryl methyl sites for hydroxylation is 1. The minimum absolute atomic E-state index is 0.648. The number of aromatic nitrogens is 1. The molecule has 1 aromatic heterocycles. The van der Waals surface area contributed by atoms with Gasteiger partial charge in [-0.05, 0) is 12.8 Å². The summed E-state index contributed by atoms with van der Waals surface area (Å²) in [6.45, 7) is 0. The number of hydrogen-bond donors (Lipinski definition) is 0. The summed E-state index contributed by atoms with van der Waals surface area (Å²) in [5, 5.41) is 8.58. The number of hydrogen-bond acceptors (Lipinski definition) is 3. The monoisotopic (exact) mass is 330 g/mol.